The van der Waals surface area contributed by atoms with Crippen LogP contribution in [0.3, 0.4) is 0 Å². The Morgan fingerprint density at radius 2 is 2.09 bits per heavy atom. The summed E-state index contributed by atoms with van der Waals surface area (Å²) in [5, 5.41) is 20.7. The van der Waals surface area contributed by atoms with Crippen molar-refractivity contribution >= 4 is 5.78 Å². The number of piperidine rings is 1. The van der Waals surface area contributed by atoms with Gasteiger partial charge in [0.25, 0.3) is 0 Å². The lowest BCUT2D eigenvalue weighted by Gasteiger charge is -2.32. The summed E-state index contributed by atoms with van der Waals surface area (Å²) < 4.78 is 0. The first-order chi connectivity index (χ1) is 5.25. The Kier molecular flexibility index (Phi) is 2.59. The lowest BCUT2D eigenvalue weighted by Crippen LogP contribution is -2.51. The Labute approximate surface area is 65.2 Å². The third-order valence-electron chi connectivity index (χ3n) is 2.19. The Morgan fingerprint density at radius 1 is 1.45 bits per heavy atom. The van der Waals surface area contributed by atoms with E-state index in [-0.39, 0.29) is 19.0 Å². The molecular weight excluding hydrogens is 146 g/mol. The first-order valence-corrected chi connectivity index (χ1v) is 3.71. The van der Waals surface area contributed by atoms with Gasteiger partial charge in [0.15, 0.2) is 0 Å². The first kappa shape index (κ1) is 8.64. The van der Waals surface area contributed by atoms with Crippen LogP contribution in [-0.4, -0.2) is 42.3 Å². The number of nitrogens with one attached hydrogen (secondary N) is 1. The lowest BCUT2D eigenvalue weighted by molar-refractivity contribution is -0.135. The van der Waals surface area contributed by atoms with Gasteiger partial charge >= 0.3 is 0 Å². The summed E-state index contributed by atoms with van der Waals surface area (Å²) in [5.41, 5.74) is -0.918. The van der Waals surface area contributed by atoms with Crippen LogP contribution in [0.25, 0.3) is 0 Å². The van der Waals surface area contributed by atoms with Crippen molar-refractivity contribution < 1.29 is 15.0 Å². The molecule has 0 aromatic rings. The van der Waals surface area contributed by atoms with E-state index in [1.54, 1.807) is 0 Å². The van der Waals surface area contributed by atoms with E-state index in [2.05, 4.69) is 5.32 Å². The van der Waals surface area contributed by atoms with Crippen LogP contribution in [-0.2, 0) is 4.79 Å². The highest BCUT2D eigenvalue weighted by atomic mass is 16.3. The van der Waals surface area contributed by atoms with Gasteiger partial charge in [-0.15, -0.1) is 0 Å². The van der Waals surface area contributed by atoms with Gasteiger partial charge in [0.05, 0.1) is 18.6 Å². The standard InChI is InChI=1S/C7H13NO3/c9-4-7(5-10)3-8-2-1-6(7)11/h8-10H,1-5H2. The second-order valence-corrected chi connectivity index (χ2v) is 2.95. The summed E-state index contributed by atoms with van der Waals surface area (Å²) in [5.74, 6) is -0.0405. The van der Waals surface area contributed by atoms with E-state index >= 15 is 0 Å². The Balaban J connectivity index is 2.69. The molecule has 1 rings (SSSR count). The minimum Gasteiger partial charge on any atom is -0.395 e. The number of aliphatic hydroxyl groups excluding tert-OH is 2. The molecule has 1 aliphatic rings. The molecule has 0 atom stereocenters. The molecule has 0 saturated carbocycles. The van der Waals surface area contributed by atoms with E-state index in [1.165, 1.54) is 0 Å². The van der Waals surface area contributed by atoms with Gasteiger partial charge in [0.1, 0.15) is 5.78 Å². The maximum atomic E-state index is 11.2. The number of rotatable bonds is 2. The van der Waals surface area contributed by atoms with Gasteiger partial charge in [-0.1, -0.05) is 0 Å². The fraction of sp³-hybridized carbons (Fsp3) is 0.857. The molecule has 0 unspecified atom stereocenters. The SMILES string of the molecule is O=C1CCNCC1(CO)CO. The van der Waals surface area contributed by atoms with Crippen LogP contribution in [0.4, 0.5) is 0 Å². The zero-order valence-electron chi connectivity index (χ0n) is 6.34. The predicted molar refractivity (Wildman–Crippen MR) is 39.1 cm³/mol. The molecule has 64 valence electrons. The lowest BCUT2D eigenvalue weighted by atomic mass is 9.81. The van der Waals surface area contributed by atoms with Gasteiger partial charge in [0.2, 0.25) is 0 Å². The minimum atomic E-state index is -0.918. The molecule has 0 aromatic carbocycles. The molecule has 3 N–H and O–H groups in total. The van der Waals surface area contributed by atoms with Gasteiger partial charge in [-0.2, -0.15) is 0 Å². The fourth-order valence-corrected chi connectivity index (χ4v) is 1.23. The highest BCUT2D eigenvalue weighted by molar-refractivity contribution is 5.86. The predicted octanol–water partition coefficient (Wildman–Crippen LogP) is -1.48. The van der Waals surface area contributed by atoms with E-state index < -0.39 is 5.41 Å². The molecular formula is C7H13NO3. The number of aliphatic hydroxyl groups is 2. The number of Topliss-reactive ketones (excluding diaryl/α,β-unsaturated/α-hetero) is 1. The summed E-state index contributed by atoms with van der Waals surface area (Å²) in [6.07, 6.45) is 0.404. The zero-order chi connectivity index (χ0) is 8.32. The number of carbonyl (C=O) groups is 1. The molecule has 0 radical (unpaired) electrons. The van der Waals surface area contributed by atoms with Gasteiger partial charge < -0.3 is 15.5 Å². The van der Waals surface area contributed by atoms with E-state index in [0.717, 1.165) is 0 Å². The first-order valence-electron chi connectivity index (χ1n) is 3.71. The van der Waals surface area contributed by atoms with Crippen LogP contribution in [0.1, 0.15) is 6.42 Å². The van der Waals surface area contributed by atoms with Crippen molar-refractivity contribution in [2.24, 2.45) is 5.41 Å². The molecule has 1 saturated heterocycles. The molecule has 1 fully saturated rings. The monoisotopic (exact) mass is 159 g/mol. The minimum absolute atomic E-state index is 0.0405. The van der Waals surface area contributed by atoms with E-state index in [4.69, 9.17) is 10.2 Å². The molecule has 4 heteroatoms. The third-order valence-corrected chi connectivity index (χ3v) is 2.19. The molecule has 4 nitrogen and oxygen atoms in total. The van der Waals surface area contributed by atoms with Crippen molar-refractivity contribution in [3.8, 4) is 0 Å². The third kappa shape index (κ3) is 1.42. The van der Waals surface area contributed by atoms with Gasteiger partial charge in [-0.3, -0.25) is 4.79 Å². The second-order valence-electron chi connectivity index (χ2n) is 2.95. The van der Waals surface area contributed by atoms with Crippen LogP contribution in [0.5, 0.6) is 0 Å². The largest absolute Gasteiger partial charge is 0.395 e. The molecule has 0 aliphatic carbocycles. The number of carbonyl (C=O) groups excluding carboxylic acids is 1. The summed E-state index contributed by atoms with van der Waals surface area (Å²) >= 11 is 0. The number of ketones is 1. The van der Waals surface area contributed by atoms with Crippen molar-refractivity contribution in [1.82, 2.24) is 5.32 Å². The van der Waals surface area contributed by atoms with Gasteiger partial charge in [0, 0.05) is 19.5 Å². The van der Waals surface area contributed by atoms with Crippen LogP contribution in [0.15, 0.2) is 0 Å². The highest BCUT2D eigenvalue weighted by Gasteiger charge is 2.38. The van der Waals surface area contributed by atoms with Gasteiger partial charge in [-0.05, 0) is 0 Å². The quantitative estimate of drug-likeness (QED) is 0.459. The Bertz CT molecular complexity index is 154. The molecule has 0 aromatic heterocycles. The highest BCUT2D eigenvalue weighted by Crippen LogP contribution is 2.20. The average Bonchev–Trinajstić information content (AvgIpc) is 2.06. The molecule has 11 heavy (non-hydrogen) atoms. The zero-order valence-corrected chi connectivity index (χ0v) is 6.34. The van der Waals surface area contributed by atoms with Crippen molar-refractivity contribution in [3.05, 3.63) is 0 Å². The van der Waals surface area contributed by atoms with Crippen molar-refractivity contribution in [1.29, 1.82) is 0 Å². The van der Waals surface area contributed by atoms with E-state index in [9.17, 15) is 4.79 Å². The average molecular weight is 159 g/mol. The molecule has 0 bridgehead atoms. The molecule has 0 amide bonds. The summed E-state index contributed by atoms with van der Waals surface area (Å²) in [6.45, 7) is 0.504. The Hall–Kier alpha value is -0.450. The maximum Gasteiger partial charge on any atom is 0.146 e. The summed E-state index contributed by atoms with van der Waals surface area (Å²) in [7, 11) is 0. The molecule has 1 aliphatic heterocycles. The van der Waals surface area contributed by atoms with Gasteiger partial charge in [-0.25, -0.2) is 0 Å². The van der Waals surface area contributed by atoms with Crippen molar-refractivity contribution in [2.45, 2.75) is 6.42 Å². The normalized spacial score (nSPS) is 23.6. The second kappa shape index (κ2) is 3.30. The smallest absolute Gasteiger partial charge is 0.146 e. The molecule has 1 heterocycles. The van der Waals surface area contributed by atoms with Crippen LogP contribution in [0, 0.1) is 5.41 Å². The molecule has 0 spiro atoms. The van der Waals surface area contributed by atoms with Crippen LogP contribution < -0.4 is 5.32 Å². The van der Waals surface area contributed by atoms with Crippen LogP contribution >= 0.6 is 0 Å². The van der Waals surface area contributed by atoms with E-state index in [0.29, 0.717) is 19.5 Å². The fourth-order valence-electron chi connectivity index (χ4n) is 1.23. The summed E-state index contributed by atoms with van der Waals surface area (Å²) in [4.78, 5) is 11.2. The Morgan fingerprint density at radius 3 is 2.45 bits per heavy atom. The topological polar surface area (TPSA) is 69.6 Å². The number of hydrogen-bond acceptors (Lipinski definition) is 4. The number of hydrogen-bond donors (Lipinski definition) is 3. The van der Waals surface area contributed by atoms with E-state index in [1.807, 2.05) is 0 Å². The van der Waals surface area contributed by atoms with Crippen molar-refractivity contribution in [2.75, 3.05) is 26.3 Å². The van der Waals surface area contributed by atoms with Crippen LogP contribution in [0.2, 0.25) is 0 Å². The van der Waals surface area contributed by atoms with Crippen molar-refractivity contribution in [3.63, 3.8) is 0 Å². The maximum absolute atomic E-state index is 11.2. The summed E-state index contributed by atoms with van der Waals surface area (Å²) in [6, 6.07) is 0.